The number of nitrogens with one attached hydrogen (secondary N) is 2. The first-order chi connectivity index (χ1) is 12.1. The summed E-state index contributed by atoms with van der Waals surface area (Å²) >= 11 is 0.927. The summed E-state index contributed by atoms with van der Waals surface area (Å²) in [7, 11) is 0. The van der Waals surface area contributed by atoms with Crippen molar-refractivity contribution in [3.05, 3.63) is 64.2 Å². The highest BCUT2D eigenvalue weighted by atomic mass is 32.2. The summed E-state index contributed by atoms with van der Waals surface area (Å²) in [5.41, 5.74) is 4.78. The Kier molecular flexibility index (Phi) is 5.05. The fourth-order valence-electron chi connectivity index (χ4n) is 2.73. The molecule has 1 saturated heterocycles. The molecule has 1 aliphatic heterocycles. The van der Waals surface area contributed by atoms with E-state index < -0.39 is 0 Å². The van der Waals surface area contributed by atoms with Crippen LogP contribution in [0.2, 0.25) is 0 Å². The number of rotatable bonds is 4. The normalized spacial score (nSPS) is 16.5. The van der Waals surface area contributed by atoms with E-state index in [4.69, 9.17) is 0 Å². The Morgan fingerprint density at radius 1 is 0.960 bits per heavy atom. The lowest BCUT2D eigenvalue weighted by Crippen LogP contribution is -2.17. The van der Waals surface area contributed by atoms with Crippen molar-refractivity contribution in [2.75, 3.05) is 0 Å². The summed E-state index contributed by atoms with van der Waals surface area (Å²) in [5.74, 6) is -0.353. The van der Waals surface area contributed by atoms with Gasteiger partial charge in [0.25, 0.3) is 11.1 Å². The Labute approximate surface area is 150 Å². The van der Waals surface area contributed by atoms with Gasteiger partial charge in [-0.05, 0) is 43.3 Å². The monoisotopic (exact) mass is 350 g/mol. The number of aromatic nitrogens is 1. The number of amides is 2. The molecular weight excluding hydrogens is 332 g/mol. The molecule has 2 heterocycles. The van der Waals surface area contributed by atoms with Gasteiger partial charge in [-0.2, -0.15) is 0 Å². The summed E-state index contributed by atoms with van der Waals surface area (Å²) in [6.07, 6.45) is 9.71. The standard InChI is InChI=1S/C20H18N2O2S/c1-3-8-14-15(12-17-19(23)22-20(24)25-17)18(21-16(14)9-4-2)13-10-6-5-7-11-13/h3-12,21H,1-2H3,(H,22,23,24)/b8-3-,9-4-,17-12-. The van der Waals surface area contributed by atoms with Crippen LogP contribution < -0.4 is 5.32 Å². The molecule has 1 aromatic carbocycles. The van der Waals surface area contributed by atoms with Gasteiger partial charge in [0, 0.05) is 16.8 Å². The van der Waals surface area contributed by atoms with Gasteiger partial charge in [0.1, 0.15) is 0 Å². The summed E-state index contributed by atoms with van der Waals surface area (Å²) in [4.78, 5) is 27.3. The number of benzene rings is 1. The number of hydrogen-bond acceptors (Lipinski definition) is 3. The highest BCUT2D eigenvalue weighted by Gasteiger charge is 2.26. The van der Waals surface area contributed by atoms with Crippen LogP contribution in [-0.2, 0) is 4.79 Å². The molecule has 0 radical (unpaired) electrons. The van der Waals surface area contributed by atoms with Gasteiger partial charge in [-0.25, -0.2) is 0 Å². The van der Waals surface area contributed by atoms with Crippen molar-refractivity contribution in [1.29, 1.82) is 0 Å². The third kappa shape index (κ3) is 3.51. The van der Waals surface area contributed by atoms with Gasteiger partial charge in [0.05, 0.1) is 10.6 Å². The Morgan fingerprint density at radius 2 is 1.68 bits per heavy atom. The molecule has 1 aliphatic rings. The van der Waals surface area contributed by atoms with Gasteiger partial charge in [-0.3, -0.25) is 14.9 Å². The van der Waals surface area contributed by atoms with E-state index in [2.05, 4.69) is 10.3 Å². The van der Waals surface area contributed by atoms with Crippen molar-refractivity contribution >= 4 is 41.1 Å². The molecule has 0 bridgehead atoms. The van der Waals surface area contributed by atoms with Gasteiger partial charge in [0.15, 0.2) is 0 Å². The van der Waals surface area contributed by atoms with E-state index in [1.165, 1.54) is 0 Å². The first-order valence-electron chi connectivity index (χ1n) is 7.95. The third-order valence-electron chi connectivity index (χ3n) is 3.76. The van der Waals surface area contributed by atoms with Crippen molar-refractivity contribution < 1.29 is 9.59 Å². The Hall–Kier alpha value is -2.79. The van der Waals surface area contributed by atoms with Crippen LogP contribution >= 0.6 is 11.8 Å². The van der Waals surface area contributed by atoms with E-state index in [1.807, 2.05) is 68.5 Å². The minimum atomic E-state index is -0.353. The number of imide groups is 1. The number of hydrogen-bond donors (Lipinski definition) is 2. The van der Waals surface area contributed by atoms with Crippen molar-refractivity contribution in [3.63, 3.8) is 0 Å². The third-order valence-corrected chi connectivity index (χ3v) is 4.57. The molecule has 1 fully saturated rings. The Morgan fingerprint density at radius 3 is 2.28 bits per heavy atom. The minimum Gasteiger partial charge on any atom is -0.354 e. The van der Waals surface area contributed by atoms with Crippen LogP contribution in [0.1, 0.15) is 30.7 Å². The summed E-state index contributed by atoms with van der Waals surface area (Å²) in [5, 5.41) is 1.97. The summed E-state index contributed by atoms with van der Waals surface area (Å²) in [6, 6.07) is 9.93. The average molecular weight is 350 g/mol. The fourth-order valence-corrected chi connectivity index (χ4v) is 3.39. The van der Waals surface area contributed by atoms with Crippen LogP contribution in [0.25, 0.3) is 29.5 Å². The number of aromatic amines is 1. The van der Waals surface area contributed by atoms with E-state index in [0.29, 0.717) is 4.91 Å². The molecule has 3 rings (SSSR count). The number of H-pyrrole nitrogens is 1. The highest BCUT2D eigenvalue weighted by Crippen LogP contribution is 2.35. The first-order valence-corrected chi connectivity index (χ1v) is 8.77. The van der Waals surface area contributed by atoms with Crippen LogP contribution in [0.4, 0.5) is 4.79 Å². The molecule has 0 spiro atoms. The molecule has 0 saturated carbocycles. The second-order valence-electron chi connectivity index (χ2n) is 5.46. The zero-order valence-corrected chi connectivity index (χ0v) is 14.8. The van der Waals surface area contributed by atoms with Gasteiger partial charge >= 0.3 is 0 Å². The molecule has 2 aromatic rings. The lowest BCUT2D eigenvalue weighted by molar-refractivity contribution is -0.115. The van der Waals surface area contributed by atoms with Crippen LogP contribution in [0.5, 0.6) is 0 Å². The maximum atomic E-state index is 12.0. The molecular formula is C20H18N2O2S. The molecule has 1 aromatic heterocycles. The fraction of sp³-hybridized carbons (Fsp3) is 0.100. The molecule has 2 N–H and O–H groups in total. The lowest BCUT2D eigenvalue weighted by Gasteiger charge is -2.02. The van der Waals surface area contributed by atoms with Crippen molar-refractivity contribution in [3.8, 4) is 11.3 Å². The Bertz CT molecular complexity index is 905. The molecule has 25 heavy (non-hydrogen) atoms. The molecule has 5 heteroatoms. The quantitative estimate of drug-likeness (QED) is 0.757. The molecule has 0 atom stereocenters. The van der Waals surface area contributed by atoms with Crippen molar-refractivity contribution in [2.45, 2.75) is 13.8 Å². The van der Waals surface area contributed by atoms with Crippen LogP contribution in [0, 0.1) is 0 Å². The lowest BCUT2D eigenvalue weighted by atomic mass is 10.0. The van der Waals surface area contributed by atoms with Crippen molar-refractivity contribution in [2.24, 2.45) is 0 Å². The van der Waals surface area contributed by atoms with Gasteiger partial charge in [-0.1, -0.05) is 48.6 Å². The maximum absolute atomic E-state index is 12.0. The van der Waals surface area contributed by atoms with Crippen LogP contribution in [-0.4, -0.2) is 16.1 Å². The minimum absolute atomic E-state index is 0.339. The predicted molar refractivity (Wildman–Crippen MR) is 105 cm³/mol. The second kappa shape index (κ2) is 7.40. The van der Waals surface area contributed by atoms with Crippen LogP contribution in [0.15, 0.2) is 47.4 Å². The summed E-state index contributed by atoms with van der Waals surface area (Å²) < 4.78 is 0. The number of allylic oxidation sites excluding steroid dienone is 2. The number of carbonyl (C=O) groups excluding carboxylic acids is 2. The van der Waals surface area contributed by atoms with Crippen molar-refractivity contribution in [1.82, 2.24) is 10.3 Å². The van der Waals surface area contributed by atoms with E-state index >= 15 is 0 Å². The maximum Gasteiger partial charge on any atom is 0.290 e. The summed E-state index contributed by atoms with van der Waals surface area (Å²) in [6.45, 7) is 3.91. The highest BCUT2D eigenvalue weighted by molar-refractivity contribution is 8.18. The molecule has 126 valence electrons. The first kappa shape index (κ1) is 17.0. The zero-order chi connectivity index (χ0) is 17.8. The zero-order valence-electron chi connectivity index (χ0n) is 14.0. The SMILES string of the molecule is C/C=C\c1[nH]c(-c2ccccc2)c(/C=C2\SC(=O)NC2=O)c1/C=C\C. The van der Waals surface area contributed by atoms with E-state index in [9.17, 15) is 9.59 Å². The van der Waals surface area contributed by atoms with Gasteiger partial charge < -0.3 is 4.98 Å². The van der Waals surface area contributed by atoms with Gasteiger partial charge in [-0.15, -0.1) is 0 Å². The number of thioether (sulfide) groups is 1. The molecule has 4 nitrogen and oxygen atoms in total. The smallest absolute Gasteiger partial charge is 0.290 e. The molecule has 0 unspecified atom stereocenters. The predicted octanol–water partition coefficient (Wildman–Crippen LogP) is 5.07. The largest absolute Gasteiger partial charge is 0.354 e. The molecule has 2 amide bonds. The van der Waals surface area contributed by atoms with E-state index in [-0.39, 0.29) is 11.1 Å². The topological polar surface area (TPSA) is 62.0 Å². The molecule has 0 aliphatic carbocycles. The van der Waals surface area contributed by atoms with E-state index in [0.717, 1.165) is 39.8 Å². The Balaban J connectivity index is 2.24. The van der Waals surface area contributed by atoms with Gasteiger partial charge in [0.2, 0.25) is 0 Å². The van der Waals surface area contributed by atoms with Crippen LogP contribution in [0.3, 0.4) is 0 Å². The number of carbonyl (C=O) groups is 2. The second-order valence-corrected chi connectivity index (χ2v) is 6.47. The van der Waals surface area contributed by atoms with E-state index in [1.54, 1.807) is 6.08 Å². The average Bonchev–Trinajstić information content (AvgIpc) is 3.10.